The highest BCUT2D eigenvalue weighted by molar-refractivity contribution is 7.80. The van der Waals surface area contributed by atoms with E-state index in [2.05, 4.69) is 15.6 Å². The van der Waals surface area contributed by atoms with Crippen molar-refractivity contribution in [3.63, 3.8) is 0 Å². The van der Waals surface area contributed by atoms with Crippen LogP contribution in [0.3, 0.4) is 0 Å². The summed E-state index contributed by atoms with van der Waals surface area (Å²) in [6.07, 6.45) is 3.08. The molecule has 3 rings (SSSR count). The molecule has 2 aromatic heterocycles. The molecule has 2 N–H and O–H groups in total. The highest BCUT2D eigenvalue weighted by Gasteiger charge is 2.10. The number of ether oxygens (including phenoxy) is 1. The third-order valence-electron chi connectivity index (χ3n) is 2.94. The number of thiocarbonyl (C=S) groups is 1. The summed E-state index contributed by atoms with van der Waals surface area (Å²) in [6.45, 7) is 0. The van der Waals surface area contributed by atoms with Crippen LogP contribution in [0.15, 0.2) is 71.5 Å². The van der Waals surface area contributed by atoms with Crippen LogP contribution >= 0.6 is 12.2 Å². The maximum Gasteiger partial charge on any atom is 0.293 e. The van der Waals surface area contributed by atoms with E-state index < -0.39 is 5.91 Å². The number of benzene rings is 1. The Morgan fingerprint density at radius 3 is 2.58 bits per heavy atom. The van der Waals surface area contributed by atoms with Crippen molar-refractivity contribution in [3.05, 3.63) is 72.8 Å². The molecule has 0 saturated carbocycles. The SMILES string of the molecule is O=C(NC(=S)Nc1ccc(Oc2ccccn2)cc1)c1ccco1. The smallest absolute Gasteiger partial charge is 0.293 e. The number of pyridine rings is 1. The molecule has 0 unspecified atom stereocenters. The van der Waals surface area contributed by atoms with Gasteiger partial charge >= 0.3 is 0 Å². The molecule has 3 aromatic rings. The highest BCUT2D eigenvalue weighted by atomic mass is 32.1. The third-order valence-corrected chi connectivity index (χ3v) is 3.15. The van der Waals surface area contributed by atoms with Gasteiger partial charge in [-0.1, -0.05) is 6.07 Å². The number of anilines is 1. The number of nitrogens with zero attached hydrogens (tertiary/aromatic N) is 1. The molecule has 120 valence electrons. The standard InChI is InChI=1S/C17H13N3O3S/c21-16(14-4-3-11-22-14)20-17(24)19-12-6-8-13(9-7-12)23-15-5-1-2-10-18-15/h1-11H,(H2,19,20,21,24). The van der Waals surface area contributed by atoms with E-state index >= 15 is 0 Å². The minimum absolute atomic E-state index is 0.176. The molecule has 1 amide bonds. The molecule has 6 nitrogen and oxygen atoms in total. The van der Waals surface area contributed by atoms with Crippen molar-refractivity contribution in [2.45, 2.75) is 0 Å². The fourth-order valence-electron chi connectivity index (χ4n) is 1.87. The van der Waals surface area contributed by atoms with E-state index in [-0.39, 0.29) is 10.9 Å². The molecule has 0 atom stereocenters. The van der Waals surface area contributed by atoms with Crippen LogP contribution in [0.5, 0.6) is 11.6 Å². The minimum Gasteiger partial charge on any atom is -0.459 e. The number of amides is 1. The van der Waals surface area contributed by atoms with Gasteiger partial charge in [0.2, 0.25) is 5.88 Å². The number of rotatable bonds is 4. The number of aromatic nitrogens is 1. The fourth-order valence-corrected chi connectivity index (χ4v) is 2.08. The second-order valence-electron chi connectivity index (χ2n) is 4.68. The maximum absolute atomic E-state index is 11.8. The van der Waals surface area contributed by atoms with Crippen molar-refractivity contribution in [2.24, 2.45) is 0 Å². The van der Waals surface area contributed by atoms with Crippen molar-refractivity contribution in [2.75, 3.05) is 5.32 Å². The number of furan rings is 1. The summed E-state index contributed by atoms with van der Waals surface area (Å²) in [5.74, 6) is 0.940. The topological polar surface area (TPSA) is 76.4 Å². The van der Waals surface area contributed by atoms with E-state index in [9.17, 15) is 4.79 Å². The maximum atomic E-state index is 11.8. The number of hydrogen-bond donors (Lipinski definition) is 2. The van der Waals surface area contributed by atoms with Gasteiger partial charge in [0.25, 0.3) is 5.91 Å². The zero-order valence-corrected chi connectivity index (χ0v) is 13.2. The van der Waals surface area contributed by atoms with Gasteiger partial charge in [0, 0.05) is 18.0 Å². The first kappa shape index (κ1) is 15.7. The Kier molecular flexibility index (Phi) is 4.83. The van der Waals surface area contributed by atoms with E-state index in [0.29, 0.717) is 17.3 Å². The highest BCUT2D eigenvalue weighted by Crippen LogP contribution is 2.21. The molecule has 7 heteroatoms. The zero-order valence-electron chi connectivity index (χ0n) is 12.4. The van der Waals surface area contributed by atoms with Crippen molar-refractivity contribution in [1.29, 1.82) is 0 Å². The molecule has 0 radical (unpaired) electrons. The number of hydrogen-bond acceptors (Lipinski definition) is 5. The Hall–Kier alpha value is -3.19. The summed E-state index contributed by atoms with van der Waals surface area (Å²) >= 11 is 5.10. The molecule has 0 bridgehead atoms. The van der Waals surface area contributed by atoms with E-state index in [1.807, 2.05) is 12.1 Å². The molecular weight excluding hydrogens is 326 g/mol. The lowest BCUT2D eigenvalue weighted by atomic mass is 10.3. The summed E-state index contributed by atoms with van der Waals surface area (Å²) in [5.41, 5.74) is 0.716. The van der Waals surface area contributed by atoms with Crippen LogP contribution in [0.4, 0.5) is 5.69 Å². The second kappa shape index (κ2) is 7.38. The van der Waals surface area contributed by atoms with Crippen LogP contribution in [-0.2, 0) is 0 Å². The van der Waals surface area contributed by atoms with Gasteiger partial charge in [0.15, 0.2) is 10.9 Å². The molecule has 0 aliphatic heterocycles. The van der Waals surface area contributed by atoms with E-state index in [0.717, 1.165) is 0 Å². The normalized spacial score (nSPS) is 10.0. The predicted molar refractivity (Wildman–Crippen MR) is 93.1 cm³/mol. The quantitative estimate of drug-likeness (QED) is 0.708. The first-order valence-corrected chi connectivity index (χ1v) is 7.46. The van der Waals surface area contributed by atoms with Gasteiger partial charge in [0.05, 0.1) is 6.26 Å². The Bertz CT molecular complexity index is 818. The first-order chi connectivity index (χ1) is 11.7. The summed E-state index contributed by atoms with van der Waals surface area (Å²) in [4.78, 5) is 15.9. The number of nitrogens with one attached hydrogen (secondary N) is 2. The van der Waals surface area contributed by atoms with Gasteiger partial charge in [-0.15, -0.1) is 0 Å². The number of carbonyl (C=O) groups excluding carboxylic acids is 1. The lowest BCUT2D eigenvalue weighted by Gasteiger charge is -2.09. The van der Waals surface area contributed by atoms with Crippen LogP contribution < -0.4 is 15.4 Å². The largest absolute Gasteiger partial charge is 0.459 e. The monoisotopic (exact) mass is 339 g/mol. The van der Waals surface area contributed by atoms with E-state index in [1.54, 1.807) is 48.7 Å². The molecule has 24 heavy (non-hydrogen) atoms. The van der Waals surface area contributed by atoms with Crippen molar-refractivity contribution in [3.8, 4) is 11.6 Å². The van der Waals surface area contributed by atoms with Crippen molar-refractivity contribution < 1.29 is 13.9 Å². The molecular formula is C17H13N3O3S. The van der Waals surface area contributed by atoms with Crippen LogP contribution in [0, 0.1) is 0 Å². The van der Waals surface area contributed by atoms with Crippen LogP contribution in [0.25, 0.3) is 0 Å². The number of carbonyl (C=O) groups is 1. The lowest BCUT2D eigenvalue weighted by Crippen LogP contribution is -2.33. The molecule has 0 fully saturated rings. The molecule has 0 saturated heterocycles. The molecule has 2 heterocycles. The zero-order chi connectivity index (χ0) is 16.8. The fraction of sp³-hybridized carbons (Fsp3) is 0. The van der Waals surface area contributed by atoms with Crippen LogP contribution in [-0.4, -0.2) is 16.0 Å². The van der Waals surface area contributed by atoms with Gasteiger partial charge in [0.1, 0.15) is 5.75 Å². The summed E-state index contributed by atoms with van der Waals surface area (Å²) in [6, 6.07) is 15.7. The Morgan fingerprint density at radius 2 is 1.92 bits per heavy atom. The average Bonchev–Trinajstić information content (AvgIpc) is 3.12. The van der Waals surface area contributed by atoms with Gasteiger partial charge in [-0.3, -0.25) is 10.1 Å². The van der Waals surface area contributed by atoms with E-state index in [1.165, 1.54) is 6.26 Å². The average molecular weight is 339 g/mol. The predicted octanol–water partition coefficient (Wildman–Crippen LogP) is 3.59. The van der Waals surface area contributed by atoms with E-state index in [4.69, 9.17) is 21.4 Å². The second-order valence-corrected chi connectivity index (χ2v) is 5.09. The van der Waals surface area contributed by atoms with Gasteiger partial charge in [-0.05, 0) is 54.7 Å². The summed E-state index contributed by atoms with van der Waals surface area (Å²) < 4.78 is 10.6. The van der Waals surface area contributed by atoms with Gasteiger partial charge in [-0.2, -0.15) is 0 Å². The molecule has 1 aromatic carbocycles. The molecule has 0 aliphatic carbocycles. The first-order valence-electron chi connectivity index (χ1n) is 7.05. The van der Waals surface area contributed by atoms with Crippen molar-refractivity contribution >= 4 is 28.9 Å². The Balaban J connectivity index is 1.56. The minimum atomic E-state index is -0.410. The lowest BCUT2D eigenvalue weighted by molar-refractivity contribution is 0.0950. The molecule has 0 aliphatic rings. The Labute approximate surface area is 143 Å². The van der Waals surface area contributed by atoms with Crippen LogP contribution in [0.2, 0.25) is 0 Å². The molecule has 0 spiro atoms. The van der Waals surface area contributed by atoms with Gasteiger partial charge in [-0.25, -0.2) is 4.98 Å². The Morgan fingerprint density at radius 1 is 1.08 bits per heavy atom. The van der Waals surface area contributed by atoms with Crippen LogP contribution in [0.1, 0.15) is 10.6 Å². The van der Waals surface area contributed by atoms with Gasteiger partial charge < -0.3 is 14.5 Å². The summed E-state index contributed by atoms with van der Waals surface area (Å²) in [7, 11) is 0. The summed E-state index contributed by atoms with van der Waals surface area (Å²) in [5, 5.41) is 5.62. The van der Waals surface area contributed by atoms with Crippen molar-refractivity contribution in [1.82, 2.24) is 10.3 Å². The third kappa shape index (κ3) is 4.17.